The van der Waals surface area contributed by atoms with Gasteiger partial charge in [-0.25, -0.2) is 0 Å². The average Bonchev–Trinajstić information content (AvgIpc) is 3.10. The normalized spacial score (nSPS) is 20.6. The highest BCUT2D eigenvalue weighted by atomic mass is 16.5. The van der Waals surface area contributed by atoms with E-state index in [9.17, 15) is 19.8 Å². The summed E-state index contributed by atoms with van der Waals surface area (Å²) >= 11 is 0. The highest BCUT2D eigenvalue weighted by molar-refractivity contribution is 6.46. The van der Waals surface area contributed by atoms with Crippen molar-refractivity contribution in [1.29, 1.82) is 0 Å². The first-order valence-corrected chi connectivity index (χ1v) is 11.6. The summed E-state index contributed by atoms with van der Waals surface area (Å²) in [5.41, 5.74) is 0.964. The summed E-state index contributed by atoms with van der Waals surface area (Å²) in [4.78, 5) is 30.0. The number of hydrogen-bond acceptors (Lipinski definition) is 7. The molecule has 0 spiro atoms. The van der Waals surface area contributed by atoms with Gasteiger partial charge >= 0.3 is 0 Å². The van der Waals surface area contributed by atoms with Gasteiger partial charge in [0.15, 0.2) is 0 Å². The van der Waals surface area contributed by atoms with E-state index in [-0.39, 0.29) is 17.1 Å². The van der Waals surface area contributed by atoms with Gasteiger partial charge in [0.25, 0.3) is 11.7 Å². The van der Waals surface area contributed by atoms with Crippen molar-refractivity contribution in [2.45, 2.75) is 19.4 Å². The van der Waals surface area contributed by atoms with E-state index in [1.807, 2.05) is 6.92 Å². The van der Waals surface area contributed by atoms with E-state index >= 15 is 0 Å². The van der Waals surface area contributed by atoms with Crippen molar-refractivity contribution in [3.05, 3.63) is 65.2 Å². The summed E-state index contributed by atoms with van der Waals surface area (Å²) in [5, 5.41) is 21.3. The number of aliphatic hydroxyl groups excluding tert-OH is 1. The summed E-state index contributed by atoms with van der Waals surface area (Å²) in [6.45, 7) is 6.49. The Labute approximate surface area is 199 Å². The molecule has 2 heterocycles. The van der Waals surface area contributed by atoms with Crippen LogP contribution in [0, 0.1) is 0 Å². The number of carbonyl (C=O) groups is 2. The largest absolute Gasteiger partial charge is 0.508 e. The molecule has 34 heavy (non-hydrogen) atoms. The predicted octanol–water partition coefficient (Wildman–Crippen LogP) is 2.93. The second kappa shape index (κ2) is 10.7. The molecule has 8 heteroatoms. The van der Waals surface area contributed by atoms with E-state index in [0.717, 1.165) is 19.6 Å². The Hall–Kier alpha value is -3.36. The number of likely N-dealkylation sites (tertiary alicyclic amines) is 1. The molecule has 2 aliphatic heterocycles. The zero-order valence-corrected chi connectivity index (χ0v) is 19.3. The quantitative estimate of drug-likeness (QED) is 0.351. The van der Waals surface area contributed by atoms with Gasteiger partial charge in [0.05, 0.1) is 31.4 Å². The molecule has 0 aliphatic carbocycles. The summed E-state index contributed by atoms with van der Waals surface area (Å²) < 4.78 is 10.9. The Morgan fingerprint density at radius 2 is 1.85 bits per heavy atom. The van der Waals surface area contributed by atoms with Gasteiger partial charge in [0, 0.05) is 31.7 Å². The molecule has 2 aromatic rings. The standard InChI is InChI=1S/C26H30N2O6/c1-2-34-21-9-4-7-19(17-21)24(30)22-23(18-6-3-8-20(29)16-18)28(26(32)25(22)31)11-5-10-27-12-14-33-15-13-27/h3-4,6-9,16-17,23,29-30H,2,5,10-15H2,1H3/b24-22+. The Morgan fingerprint density at radius 3 is 2.59 bits per heavy atom. The van der Waals surface area contributed by atoms with Crippen LogP contribution in [0.2, 0.25) is 0 Å². The third kappa shape index (κ3) is 5.08. The summed E-state index contributed by atoms with van der Waals surface area (Å²) in [6.07, 6.45) is 0.669. The predicted molar refractivity (Wildman–Crippen MR) is 127 cm³/mol. The Kier molecular flexibility index (Phi) is 7.49. The van der Waals surface area contributed by atoms with Crippen LogP contribution in [0.4, 0.5) is 0 Å². The van der Waals surface area contributed by atoms with E-state index in [0.29, 0.717) is 49.7 Å². The Morgan fingerprint density at radius 1 is 1.09 bits per heavy atom. The number of nitrogens with zero attached hydrogens (tertiary/aromatic N) is 2. The molecule has 1 atom stereocenters. The van der Waals surface area contributed by atoms with Gasteiger partial charge < -0.3 is 24.6 Å². The summed E-state index contributed by atoms with van der Waals surface area (Å²) in [6, 6.07) is 12.5. The van der Waals surface area contributed by atoms with Crippen molar-refractivity contribution in [1.82, 2.24) is 9.80 Å². The minimum Gasteiger partial charge on any atom is -0.508 e. The maximum absolute atomic E-state index is 13.1. The molecule has 2 fully saturated rings. The number of ketones is 1. The van der Waals surface area contributed by atoms with Crippen LogP contribution < -0.4 is 4.74 Å². The number of aromatic hydroxyl groups is 1. The van der Waals surface area contributed by atoms with E-state index in [4.69, 9.17) is 9.47 Å². The van der Waals surface area contributed by atoms with Crippen molar-refractivity contribution >= 4 is 17.4 Å². The van der Waals surface area contributed by atoms with Crippen molar-refractivity contribution in [2.24, 2.45) is 0 Å². The first kappa shape index (κ1) is 23.8. The first-order valence-electron chi connectivity index (χ1n) is 11.6. The van der Waals surface area contributed by atoms with Gasteiger partial charge in [-0.2, -0.15) is 0 Å². The van der Waals surface area contributed by atoms with Gasteiger partial charge in [-0.15, -0.1) is 0 Å². The molecule has 0 saturated carbocycles. The second-order valence-corrected chi connectivity index (χ2v) is 8.36. The van der Waals surface area contributed by atoms with Crippen molar-refractivity contribution in [2.75, 3.05) is 46.0 Å². The topological polar surface area (TPSA) is 99.5 Å². The second-order valence-electron chi connectivity index (χ2n) is 8.36. The number of aliphatic hydroxyl groups is 1. The fraction of sp³-hybridized carbons (Fsp3) is 0.385. The molecular formula is C26H30N2O6. The van der Waals surface area contributed by atoms with Gasteiger partial charge in [0.2, 0.25) is 0 Å². The van der Waals surface area contributed by atoms with Gasteiger partial charge in [0.1, 0.15) is 17.3 Å². The molecule has 2 saturated heterocycles. The lowest BCUT2D eigenvalue weighted by atomic mass is 9.95. The fourth-order valence-corrected chi connectivity index (χ4v) is 4.50. The maximum atomic E-state index is 13.1. The maximum Gasteiger partial charge on any atom is 0.295 e. The van der Waals surface area contributed by atoms with Crippen LogP contribution in [0.5, 0.6) is 11.5 Å². The van der Waals surface area contributed by atoms with Crippen molar-refractivity contribution < 1.29 is 29.3 Å². The van der Waals surface area contributed by atoms with Crippen molar-refractivity contribution in [3.8, 4) is 11.5 Å². The number of ether oxygens (including phenoxy) is 2. The lowest BCUT2D eigenvalue weighted by molar-refractivity contribution is -0.140. The van der Waals surface area contributed by atoms with E-state index in [1.165, 1.54) is 17.0 Å². The molecule has 0 bridgehead atoms. The average molecular weight is 467 g/mol. The van der Waals surface area contributed by atoms with Crippen LogP contribution in [-0.2, 0) is 14.3 Å². The molecule has 8 nitrogen and oxygen atoms in total. The number of Topliss-reactive ketones (excluding diaryl/α,β-unsaturated/α-hetero) is 1. The molecule has 0 radical (unpaired) electrons. The number of carbonyl (C=O) groups excluding carboxylic acids is 2. The number of rotatable bonds is 8. The summed E-state index contributed by atoms with van der Waals surface area (Å²) in [7, 11) is 0. The molecule has 2 aliphatic rings. The first-order chi connectivity index (χ1) is 16.5. The lowest BCUT2D eigenvalue weighted by Gasteiger charge is -2.29. The molecule has 4 rings (SSSR count). The highest BCUT2D eigenvalue weighted by Crippen LogP contribution is 2.40. The van der Waals surface area contributed by atoms with E-state index in [2.05, 4.69) is 4.90 Å². The van der Waals surface area contributed by atoms with Crippen LogP contribution in [0.15, 0.2) is 54.1 Å². The third-order valence-electron chi connectivity index (χ3n) is 6.12. The van der Waals surface area contributed by atoms with E-state index < -0.39 is 17.7 Å². The monoisotopic (exact) mass is 466 g/mol. The minimum atomic E-state index is -0.799. The number of morpholine rings is 1. The zero-order valence-electron chi connectivity index (χ0n) is 19.3. The Bertz CT molecular complexity index is 1080. The minimum absolute atomic E-state index is 0.00983. The molecule has 180 valence electrons. The molecule has 2 N–H and O–H groups in total. The van der Waals surface area contributed by atoms with Gasteiger partial charge in [-0.05, 0) is 43.2 Å². The molecular weight excluding hydrogens is 436 g/mol. The molecule has 1 amide bonds. The van der Waals surface area contributed by atoms with E-state index in [1.54, 1.807) is 36.4 Å². The third-order valence-corrected chi connectivity index (χ3v) is 6.12. The number of hydrogen-bond donors (Lipinski definition) is 2. The van der Waals surface area contributed by atoms with Gasteiger partial charge in [-0.3, -0.25) is 14.5 Å². The van der Waals surface area contributed by atoms with Crippen LogP contribution in [0.25, 0.3) is 5.76 Å². The Balaban J connectivity index is 1.68. The number of phenols is 1. The lowest BCUT2D eigenvalue weighted by Crippen LogP contribution is -2.38. The fourth-order valence-electron chi connectivity index (χ4n) is 4.50. The number of phenolic OH excluding ortho intramolecular Hbond substituents is 1. The number of benzene rings is 2. The highest BCUT2D eigenvalue weighted by Gasteiger charge is 2.46. The SMILES string of the molecule is CCOc1cccc(/C(O)=C2\C(=O)C(=O)N(CCCN3CCOCC3)C2c2cccc(O)c2)c1. The molecule has 0 aromatic heterocycles. The zero-order chi connectivity index (χ0) is 24.1. The summed E-state index contributed by atoms with van der Waals surface area (Å²) in [5.74, 6) is -1.07. The molecule has 2 aromatic carbocycles. The van der Waals surface area contributed by atoms with Crippen LogP contribution >= 0.6 is 0 Å². The van der Waals surface area contributed by atoms with Gasteiger partial charge in [-0.1, -0.05) is 24.3 Å². The van der Waals surface area contributed by atoms with Crippen LogP contribution in [-0.4, -0.2) is 77.7 Å². The van der Waals surface area contributed by atoms with Crippen molar-refractivity contribution in [3.63, 3.8) is 0 Å². The number of amides is 1. The smallest absolute Gasteiger partial charge is 0.295 e. The van der Waals surface area contributed by atoms with Crippen LogP contribution in [0.1, 0.15) is 30.5 Å². The van der Waals surface area contributed by atoms with Crippen LogP contribution in [0.3, 0.4) is 0 Å². The molecule has 1 unspecified atom stereocenters.